The van der Waals surface area contributed by atoms with Crippen LogP contribution < -0.4 is 0 Å². The molecule has 0 aliphatic carbocycles. The highest BCUT2D eigenvalue weighted by Gasteiger charge is 2.39. The number of hydrogen-bond donors (Lipinski definition) is 0. The quantitative estimate of drug-likeness (QED) is 0.345. The van der Waals surface area contributed by atoms with Crippen LogP contribution in [0.15, 0.2) is 0 Å². The molecule has 0 radical (unpaired) electrons. The fourth-order valence-electron chi connectivity index (χ4n) is 1.41. The van der Waals surface area contributed by atoms with Crippen LogP contribution in [0.4, 0.5) is 17.6 Å². The Morgan fingerprint density at radius 1 is 1.32 bits per heavy atom. The van der Waals surface area contributed by atoms with Crippen molar-refractivity contribution in [2.24, 2.45) is 0 Å². The molecule has 0 aliphatic heterocycles. The summed E-state index contributed by atoms with van der Waals surface area (Å²) >= 11 is 1.19. The van der Waals surface area contributed by atoms with Crippen molar-refractivity contribution in [1.82, 2.24) is 0 Å². The van der Waals surface area contributed by atoms with Crippen LogP contribution in [-0.4, -0.2) is 35.9 Å². The normalized spacial score (nSPS) is 13.6. The topological polar surface area (TPSA) is 26.3 Å². The molecule has 0 amide bonds. The number of thioether (sulfide) groups is 1. The summed E-state index contributed by atoms with van der Waals surface area (Å²) in [6.45, 7) is 3.86. The lowest BCUT2D eigenvalue weighted by Gasteiger charge is -2.16. The van der Waals surface area contributed by atoms with Crippen LogP contribution in [0.1, 0.15) is 39.5 Å². The Morgan fingerprint density at radius 3 is 2.42 bits per heavy atom. The van der Waals surface area contributed by atoms with Gasteiger partial charge in [-0.05, 0) is 25.5 Å². The predicted molar refractivity (Wildman–Crippen MR) is 68.0 cm³/mol. The van der Waals surface area contributed by atoms with Gasteiger partial charge >= 0.3 is 18.3 Å². The van der Waals surface area contributed by atoms with Crippen LogP contribution in [-0.2, 0) is 9.53 Å². The molecule has 1 atom stereocenters. The average molecular weight is 304 g/mol. The standard InChI is InChI=1S/C12H20F4O2S/c1-3-6-9(10(17)18-4-2)19-8-5-7-12(15,16)11(13)14/h9,11H,3-8H2,1-2H3. The number of rotatable bonds is 10. The lowest BCUT2D eigenvalue weighted by Crippen LogP contribution is -2.26. The summed E-state index contributed by atoms with van der Waals surface area (Å²) in [5.41, 5.74) is 0. The monoisotopic (exact) mass is 304 g/mol. The number of carbonyl (C=O) groups is 1. The fraction of sp³-hybridized carbons (Fsp3) is 0.917. The molecule has 1 unspecified atom stereocenters. The van der Waals surface area contributed by atoms with E-state index >= 15 is 0 Å². The molecule has 19 heavy (non-hydrogen) atoms. The second kappa shape index (κ2) is 9.44. The second-order valence-corrected chi connectivity index (χ2v) is 5.38. The van der Waals surface area contributed by atoms with Gasteiger partial charge in [-0.3, -0.25) is 4.79 Å². The average Bonchev–Trinajstić information content (AvgIpc) is 2.33. The molecule has 0 saturated carbocycles. The van der Waals surface area contributed by atoms with Gasteiger partial charge in [0.25, 0.3) is 0 Å². The molecule has 0 saturated heterocycles. The lowest BCUT2D eigenvalue weighted by atomic mass is 10.2. The Hall–Kier alpha value is -0.460. The maximum Gasteiger partial charge on any atom is 0.319 e. The molecule has 7 heteroatoms. The Morgan fingerprint density at radius 2 is 1.95 bits per heavy atom. The van der Waals surface area contributed by atoms with Crippen molar-refractivity contribution in [2.75, 3.05) is 12.4 Å². The smallest absolute Gasteiger partial charge is 0.319 e. The SMILES string of the molecule is CCCC(SCCCC(F)(F)C(F)F)C(=O)OCC. The minimum absolute atomic E-state index is 0.0539. The lowest BCUT2D eigenvalue weighted by molar-refractivity contribution is -0.142. The minimum atomic E-state index is -3.94. The number of ether oxygens (including phenoxy) is 1. The van der Waals surface area contributed by atoms with E-state index in [2.05, 4.69) is 0 Å². The van der Waals surface area contributed by atoms with Gasteiger partial charge in [0.2, 0.25) is 0 Å². The van der Waals surface area contributed by atoms with Gasteiger partial charge in [0.05, 0.1) is 6.61 Å². The van der Waals surface area contributed by atoms with E-state index in [-0.39, 0.29) is 24.7 Å². The number of hydrogen-bond acceptors (Lipinski definition) is 3. The first-order valence-corrected chi connectivity index (χ1v) is 7.34. The van der Waals surface area contributed by atoms with Gasteiger partial charge in [-0.1, -0.05) is 13.3 Å². The first kappa shape index (κ1) is 18.5. The third kappa shape index (κ3) is 7.64. The van der Waals surface area contributed by atoms with Gasteiger partial charge in [0.15, 0.2) is 0 Å². The summed E-state index contributed by atoms with van der Waals surface area (Å²) in [5, 5.41) is -0.398. The Balaban J connectivity index is 4.03. The fourth-order valence-corrected chi connectivity index (χ4v) is 2.61. The molecule has 0 spiro atoms. The largest absolute Gasteiger partial charge is 0.465 e. The van der Waals surface area contributed by atoms with E-state index in [1.807, 2.05) is 6.92 Å². The van der Waals surface area contributed by atoms with Crippen molar-refractivity contribution < 1.29 is 27.1 Å². The van der Waals surface area contributed by atoms with Crippen molar-refractivity contribution in [3.63, 3.8) is 0 Å². The maximum absolute atomic E-state index is 12.6. The van der Waals surface area contributed by atoms with Crippen molar-refractivity contribution in [3.05, 3.63) is 0 Å². The van der Waals surface area contributed by atoms with E-state index in [1.54, 1.807) is 6.92 Å². The number of carbonyl (C=O) groups excluding carboxylic acids is 1. The molecular formula is C12H20F4O2S. The van der Waals surface area contributed by atoms with Crippen LogP contribution >= 0.6 is 11.8 Å². The summed E-state index contributed by atoms with van der Waals surface area (Å²) in [7, 11) is 0. The molecule has 0 fully saturated rings. The third-order valence-corrected chi connectivity index (χ3v) is 3.75. The molecule has 114 valence electrons. The van der Waals surface area contributed by atoms with Gasteiger partial charge in [0.1, 0.15) is 5.25 Å². The van der Waals surface area contributed by atoms with E-state index < -0.39 is 24.0 Å². The molecule has 0 bridgehead atoms. The second-order valence-electron chi connectivity index (χ2n) is 4.07. The van der Waals surface area contributed by atoms with Crippen molar-refractivity contribution in [3.8, 4) is 0 Å². The molecule has 0 aliphatic rings. The predicted octanol–water partition coefficient (Wildman–Crippen LogP) is 4.13. The highest BCUT2D eigenvalue weighted by Crippen LogP contribution is 2.29. The van der Waals surface area contributed by atoms with Gasteiger partial charge in [-0.25, -0.2) is 17.6 Å². The van der Waals surface area contributed by atoms with E-state index in [0.29, 0.717) is 6.42 Å². The van der Waals surface area contributed by atoms with Gasteiger partial charge < -0.3 is 4.74 Å². The molecule has 0 heterocycles. The van der Waals surface area contributed by atoms with Crippen molar-refractivity contribution >= 4 is 17.7 Å². The number of alkyl halides is 4. The summed E-state index contributed by atoms with van der Waals surface area (Å²) in [5.74, 6) is -4.06. The Labute approximate surface area is 115 Å². The zero-order chi connectivity index (χ0) is 14.9. The van der Waals surface area contributed by atoms with Gasteiger partial charge in [0, 0.05) is 6.42 Å². The zero-order valence-corrected chi connectivity index (χ0v) is 12.0. The summed E-state index contributed by atoms with van der Waals surface area (Å²) in [6, 6.07) is 0. The van der Waals surface area contributed by atoms with E-state index in [4.69, 9.17) is 4.74 Å². The maximum atomic E-state index is 12.6. The third-order valence-electron chi connectivity index (χ3n) is 2.39. The van der Waals surface area contributed by atoms with E-state index in [9.17, 15) is 22.4 Å². The highest BCUT2D eigenvalue weighted by molar-refractivity contribution is 8.00. The zero-order valence-electron chi connectivity index (χ0n) is 11.1. The van der Waals surface area contributed by atoms with E-state index in [1.165, 1.54) is 11.8 Å². The Bertz CT molecular complexity index is 262. The van der Waals surface area contributed by atoms with Crippen LogP contribution in [0.5, 0.6) is 0 Å². The number of esters is 1. The molecule has 0 aromatic carbocycles. The van der Waals surface area contributed by atoms with Crippen LogP contribution in [0.2, 0.25) is 0 Å². The molecular weight excluding hydrogens is 284 g/mol. The first-order valence-electron chi connectivity index (χ1n) is 6.29. The van der Waals surface area contributed by atoms with E-state index in [0.717, 1.165) is 6.42 Å². The summed E-state index contributed by atoms with van der Waals surface area (Å²) in [4.78, 5) is 11.5. The molecule has 0 aromatic rings. The molecule has 0 N–H and O–H groups in total. The number of halogens is 4. The minimum Gasteiger partial charge on any atom is -0.465 e. The highest BCUT2D eigenvalue weighted by atomic mass is 32.2. The first-order chi connectivity index (χ1) is 8.85. The van der Waals surface area contributed by atoms with Crippen LogP contribution in [0, 0.1) is 0 Å². The van der Waals surface area contributed by atoms with Crippen LogP contribution in [0.3, 0.4) is 0 Å². The molecule has 0 aromatic heterocycles. The Kier molecular flexibility index (Phi) is 9.22. The van der Waals surface area contributed by atoms with Crippen LogP contribution in [0.25, 0.3) is 0 Å². The summed E-state index contributed by atoms with van der Waals surface area (Å²) < 4.78 is 54.0. The molecule has 2 nitrogen and oxygen atoms in total. The van der Waals surface area contributed by atoms with Gasteiger partial charge in [-0.2, -0.15) is 0 Å². The summed E-state index contributed by atoms with van der Waals surface area (Å²) in [6.07, 6.45) is -3.19. The molecule has 0 rings (SSSR count). The van der Waals surface area contributed by atoms with Crippen molar-refractivity contribution in [1.29, 1.82) is 0 Å². The van der Waals surface area contributed by atoms with Crippen molar-refractivity contribution in [2.45, 2.75) is 57.1 Å². The van der Waals surface area contributed by atoms with Gasteiger partial charge in [-0.15, -0.1) is 11.8 Å².